The van der Waals surface area contributed by atoms with Gasteiger partial charge in [-0.25, -0.2) is 0 Å². The van der Waals surface area contributed by atoms with Gasteiger partial charge in [-0.3, -0.25) is 0 Å². The molecule has 0 aromatic heterocycles. The summed E-state index contributed by atoms with van der Waals surface area (Å²) in [5.41, 5.74) is 19.7. The van der Waals surface area contributed by atoms with Crippen molar-refractivity contribution in [2.45, 2.75) is 105 Å². The molecule has 0 fully saturated rings. The number of hydrogen-bond acceptors (Lipinski definition) is 0. The third kappa shape index (κ3) is 8.89. The molecule has 0 bridgehead atoms. The molecular formula is C57H62Cl2Zr. The van der Waals surface area contributed by atoms with Crippen LogP contribution in [0.2, 0.25) is 0 Å². The summed E-state index contributed by atoms with van der Waals surface area (Å²) in [6.45, 7) is 23.6. The Balaban J connectivity index is 0.00000302. The fraction of sp³-hybridized carbons (Fsp3) is 0.281. The van der Waals surface area contributed by atoms with Crippen molar-refractivity contribution in [2.75, 3.05) is 0 Å². The number of benzene rings is 6. The molecule has 0 amide bonds. The van der Waals surface area contributed by atoms with Crippen LogP contribution in [0.15, 0.2) is 149 Å². The van der Waals surface area contributed by atoms with Crippen LogP contribution in [0, 0.1) is 0 Å². The summed E-state index contributed by atoms with van der Waals surface area (Å²) in [4.78, 5) is 0. The average Bonchev–Trinajstić information content (AvgIpc) is 3.87. The van der Waals surface area contributed by atoms with Crippen LogP contribution in [0.1, 0.15) is 132 Å². The molecule has 0 radical (unpaired) electrons. The molecule has 0 atom stereocenters. The Bertz CT molecular complexity index is 2520. The normalized spacial score (nSPS) is 13.1. The number of halogens is 2. The topological polar surface area (TPSA) is 0 Å². The zero-order valence-electron chi connectivity index (χ0n) is 37.2. The molecule has 60 heavy (non-hydrogen) atoms. The summed E-state index contributed by atoms with van der Waals surface area (Å²) in [6, 6.07) is 49.7. The van der Waals surface area contributed by atoms with Crippen molar-refractivity contribution in [3.63, 3.8) is 0 Å². The van der Waals surface area contributed by atoms with Gasteiger partial charge in [0.05, 0.1) is 0 Å². The van der Waals surface area contributed by atoms with Gasteiger partial charge in [-0.15, -0.1) is 24.8 Å². The standard InChI is InChI=1S/C33H33.C19H22.C5H5.2ClH.Zr/c1-32(2,3)30-20-26-24(18-28(30)22-13-9-7-10-14-22)17-25-19-29(23-15-11-8-12-16-23)31(21-27(25)26)33(4,5)6;1-14(2)18-9-5-16(6-10-18)13-17-7-11-19(12-8-17)15(3)4;1-2-4-5-3-1;;;/h7-16,18,20-21H,17H2,1-6H3;5-12,14-15H,1-4H3;1-3H,4H2;2*1H;. The zero-order chi connectivity index (χ0) is 40.9. The van der Waals surface area contributed by atoms with E-state index in [1.54, 1.807) is 15.3 Å². The van der Waals surface area contributed by atoms with Crippen molar-refractivity contribution in [1.29, 1.82) is 0 Å². The Kier molecular flexibility index (Phi) is 13.9. The van der Waals surface area contributed by atoms with Crippen LogP contribution < -0.4 is 3.27 Å². The van der Waals surface area contributed by atoms with Crippen LogP contribution >= 0.6 is 24.8 Å². The van der Waals surface area contributed by atoms with Gasteiger partial charge in [0.25, 0.3) is 0 Å². The van der Waals surface area contributed by atoms with Crippen molar-refractivity contribution in [1.82, 2.24) is 0 Å². The first-order chi connectivity index (χ1) is 27.7. The smallest absolute Gasteiger partial charge is 0.147 e. The fourth-order valence-corrected chi connectivity index (χ4v) is 17.7. The number of rotatable bonds is 8. The van der Waals surface area contributed by atoms with Crippen LogP contribution in [0.4, 0.5) is 0 Å². The van der Waals surface area contributed by atoms with Gasteiger partial charge in [0.15, 0.2) is 0 Å². The SMILES string of the molecule is CC(C)c1ccc([C](c2ccc(C(C)C)cc2)=[Zr]([C]2=CC=CC2)[c]2c3c(cc(C(C)(C)C)c2-c2ccccc2)-c2cc(C(C)(C)C)c(-c4ccccc4)cc2C3)cc1.Cl.Cl. The second kappa shape index (κ2) is 18.2. The van der Waals surface area contributed by atoms with Crippen molar-refractivity contribution in [3.05, 3.63) is 193 Å². The minimum Gasteiger partial charge on any atom is -0.147 e. The third-order valence-corrected chi connectivity index (χ3v) is 20.1. The molecule has 8 rings (SSSR count). The van der Waals surface area contributed by atoms with Crippen LogP contribution in [-0.2, 0) is 38.5 Å². The van der Waals surface area contributed by atoms with Gasteiger partial charge in [0.1, 0.15) is 0 Å². The van der Waals surface area contributed by atoms with Gasteiger partial charge in [0.2, 0.25) is 0 Å². The molecule has 0 saturated carbocycles. The molecule has 308 valence electrons. The third-order valence-electron chi connectivity index (χ3n) is 12.4. The molecule has 0 spiro atoms. The van der Waals surface area contributed by atoms with E-state index in [9.17, 15) is 0 Å². The zero-order valence-corrected chi connectivity index (χ0v) is 41.3. The number of allylic oxidation sites excluding steroid dienone is 4. The Morgan fingerprint density at radius 1 is 0.550 bits per heavy atom. The molecule has 6 aromatic rings. The molecule has 6 aromatic carbocycles. The molecule has 0 N–H and O–H groups in total. The Morgan fingerprint density at radius 3 is 1.52 bits per heavy atom. The van der Waals surface area contributed by atoms with Crippen molar-refractivity contribution in [3.8, 4) is 33.4 Å². The van der Waals surface area contributed by atoms with Gasteiger partial charge in [0, 0.05) is 0 Å². The quantitative estimate of drug-likeness (QED) is 0.143. The molecule has 0 heterocycles. The van der Waals surface area contributed by atoms with E-state index in [0.717, 1.165) is 12.8 Å². The summed E-state index contributed by atoms with van der Waals surface area (Å²) in [6.07, 6.45) is 9.23. The van der Waals surface area contributed by atoms with Gasteiger partial charge in [-0.2, -0.15) is 0 Å². The first-order valence-corrected chi connectivity index (χ1v) is 25.2. The Hall–Kier alpha value is -3.87. The average molecular weight is 909 g/mol. The maximum absolute atomic E-state index is 3.10. The molecular weight excluding hydrogens is 847 g/mol. The second-order valence-electron chi connectivity index (χ2n) is 19.3. The van der Waals surface area contributed by atoms with Gasteiger partial charge >= 0.3 is 359 Å². The summed E-state index contributed by atoms with van der Waals surface area (Å²) in [5, 5.41) is 0. The largest absolute Gasteiger partial charge is 0.147 e. The van der Waals surface area contributed by atoms with Crippen molar-refractivity contribution < 1.29 is 21.3 Å². The van der Waals surface area contributed by atoms with E-state index in [0.29, 0.717) is 11.8 Å². The summed E-state index contributed by atoms with van der Waals surface area (Å²) >= 11 is -3.10. The first kappa shape index (κ1) is 45.7. The van der Waals surface area contributed by atoms with Gasteiger partial charge in [-0.1, -0.05) is 0 Å². The number of fused-ring (bicyclic) bond motifs is 3. The van der Waals surface area contributed by atoms with E-state index in [1.807, 2.05) is 0 Å². The fourth-order valence-electron chi connectivity index (χ4n) is 9.23. The maximum Gasteiger partial charge on any atom is -0.147 e. The summed E-state index contributed by atoms with van der Waals surface area (Å²) in [5.74, 6) is 0.966. The monoisotopic (exact) mass is 906 g/mol. The Morgan fingerprint density at radius 2 is 1.05 bits per heavy atom. The molecule has 2 aliphatic rings. The van der Waals surface area contributed by atoms with Crippen LogP contribution in [-0.4, -0.2) is 3.21 Å². The first-order valence-electron chi connectivity index (χ1n) is 21.5. The van der Waals surface area contributed by atoms with E-state index in [1.165, 1.54) is 72.3 Å². The van der Waals surface area contributed by atoms with E-state index < -0.39 is 21.3 Å². The van der Waals surface area contributed by atoms with Crippen molar-refractivity contribution in [2.24, 2.45) is 0 Å². The Labute approximate surface area is 381 Å². The van der Waals surface area contributed by atoms with Crippen LogP contribution in [0.5, 0.6) is 0 Å². The maximum atomic E-state index is 2.62. The van der Waals surface area contributed by atoms with Crippen molar-refractivity contribution >= 4 is 31.3 Å². The predicted molar refractivity (Wildman–Crippen MR) is 263 cm³/mol. The molecule has 0 unspecified atom stereocenters. The van der Waals surface area contributed by atoms with Gasteiger partial charge < -0.3 is 0 Å². The van der Waals surface area contributed by atoms with E-state index in [2.05, 4.69) is 215 Å². The van der Waals surface area contributed by atoms with Gasteiger partial charge in [-0.05, 0) is 0 Å². The molecule has 0 aliphatic heterocycles. The van der Waals surface area contributed by atoms with E-state index in [-0.39, 0.29) is 35.6 Å². The molecule has 0 saturated heterocycles. The summed E-state index contributed by atoms with van der Waals surface area (Å²) < 4.78 is 4.90. The minimum atomic E-state index is -3.10. The van der Waals surface area contributed by atoms with Crippen LogP contribution in [0.3, 0.4) is 0 Å². The summed E-state index contributed by atoms with van der Waals surface area (Å²) in [7, 11) is 0. The van der Waals surface area contributed by atoms with E-state index >= 15 is 0 Å². The molecule has 0 nitrogen and oxygen atoms in total. The number of hydrogen-bond donors (Lipinski definition) is 0. The molecule has 2 aliphatic carbocycles. The predicted octanol–water partition coefficient (Wildman–Crippen LogP) is 15.6. The molecule has 3 heteroatoms. The second-order valence-corrected chi connectivity index (χ2v) is 25.2. The minimum absolute atomic E-state index is 0. The van der Waals surface area contributed by atoms with Crippen LogP contribution in [0.25, 0.3) is 33.4 Å². The van der Waals surface area contributed by atoms with E-state index in [4.69, 9.17) is 0 Å².